The van der Waals surface area contributed by atoms with Crippen molar-refractivity contribution in [3.63, 3.8) is 0 Å². The molecule has 1 amide bonds. The van der Waals surface area contributed by atoms with Crippen molar-refractivity contribution in [2.75, 3.05) is 33.2 Å². The number of sulfone groups is 1. The Morgan fingerprint density at radius 2 is 1.71 bits per heavy atom. The fraction of sp³-hybridized carbons (Fsp3) is 0.458. The number of aryl methyl sites for hydroxylation is 3. The number of benzene rings is 1. The SMILES string of the molecule is CCc1nn2c(C)c(CCC(=O)N3CCN(C)CC3)c(C)nc2c1S(=O)(=O)c1ccccc1.Cl. The third-order valence-corrected chi connectivity index (χ3v) is 8.30. The maximum atomic E-state index is 13.5. The standard InChI is InChI=1S/C24H31N5O3S.ClH/c1-5-21-23(33(31,32)19-9-7-6-8-10-19)24-25-17(2)20(18(3)29(24)26-21)11-12-22(30)28-15-13-27(4)14-16-28;/h6-10H,5,11-16H2,1-4H3;1H. The summed E-state index contributed by atoms with van der Waals surface area (Å²) in [4.78, 5) is 22.0. The van der Waals surface area contributed by atoms with Gasteiger partial charge in [0.05, 0.1) is 10.6 Å². The minimum atomic E-state index is -3.77. The largest absolute Gasteiger partial charge is 0.340 e. The van der Waals surface area contributed by atoms with E-state index in [9.17, 15) is 13.2 Å². The zero-order valence-corrected chi connectivity index (χ0v) is 21.7. The average molecular weight is 506 g/mol. The Balaban J connectivity index is 0.00000324. The van der Waals surface area contributed by atoms with E-state index in [2.05, 4.69) is 22.0 Å². The summed E-state index contributed by atoms with van der Waals surface area (Å²) in [5.74, 6) is 0.143. The first-order chi connectivity index (χ1) is 15.7. The molecule has 0 aliphatic carbocycles. The van der Waals surface area contributed by atoms with Crippen LogP contribution in [0.5, 0.6) is 0 Å². The molecule has 1 aliphatic rings. The van der Waals surface area contributed by atoms with Crippen molar-refractivity contribution >= 4 is 33.8 Å². The number of amides is 1. The molecule has 0 saturated carbocycles. The first-order valence-electron chi connectivity index (χ1n) is 11.4. The molecule has 0 spiro atoms. The number of halogens is 1. The molecule has 1 aliphatic heterocycles. The van der Waals surface area contributed by atoms with Crippen LogP contribution in [0.2, 0.25) is 0 Å². The van der Waals surface area contributed by atoms with Gasteiger partial charge >= 0.3 is 0 Å². The zero-order valence-electron chi connectivity index (χ0n) is 20.1. The molecular weight excluding hydrogens is 474 g/mol. The number of piperazine rings is 1. The van der Waals surface area contributed by atoms with Gasteiger partial charge in [0, 0.05) is 44.0 Å². The predicted octanol–water partition coefficient (Wildman–Crippen LogP) is 2.87. The Labute approximate surface area is 207 Å². The van der Waals surface area contributed by atoms with Gasteiger partial charge in [-0.1, -0.05) is 25.1 Å². The van der Waals surface area contributed by atoms with Gasteiger partial charge in [-0.3, -0.25) is 4.79 Å². The molecule has 1 fully saturated rings. The Kier molecular flexibility index (Phi) is 8.00. The molecule has 184 valence electrons. The van der Waals surface area contributed by atoms with Crippen LogP contribution in [0.3, 0.4) is 0 Å². The van der Waals surface area contributed by atoms with E-state index >= 15 is 0 Å². The number of carbonyl (C=O) groups is 1. The van der Waals surface area contributed by atoms with Crippen LogP contribution in [0.25, 0.3) is 5.65 Å². The lowest BCUT2D eigenvalue weighted by Gasteiger charge is -2.32. The van der Waals surface area contributed by atoms with Crippen LogP contribution in [0.4, 0.5) is 0 Å². The first kappa shape index (κ1) is 26.1. The molecule has 0 N–H and O–H groups in total. The van der Waals surface area contributed by atoms with Gasteiger partial charge in [-0.25, -0.2) is 17.9 Å². The molecule has 3 aromatic rings. The molecule has 10 heteroatoms. The third kappa shape index (κ3) is 4.82. The second-order valence-corrected chi connectivity index (χ2v) is 10.5. The Morgan fingerprint density at radius 1 is 1.06 bits per heavy atom. The fourth-order valence-electron chi connectivity index (χ4n) is 4.42. The monoisotopic (exact) mass is 505 g/mol. The van der Waals surface area contributed by atoms with Crippen LogP contribution in [-0.4, -0.2) is 71.9 Å². The Bertz CT molecular complexity index is 1280. The van der Waals surface area contributed by atoms with Crippen molar-refractivity contribution in [2.45, 2.75) is 49.8 Å². The van der Waals surface area contributed by atoms with Crippen molar-refractivity contribution < 1.29 is 13.2 Å². The van der Waals surface area contributed by atoms with Gasteiger partial charge in [0.25, 0.3) is 0 Å². The molecule has 0 bridgehead atoms. The molecule has 0 unspecified atom stereocenters. The van der Waals surface area contributed by atoms with Crippen molar-refractivity contribution in [2.24, 2.45) is 0 Å². The first-order valence-corrected chi connectivity index (χ1v) is 12.9. The van der Waals surface area contributed by atoms with E-state index in [-0.39, 0.29) is 28.1 Å². The van der Waals surface area contributed by atoms with E-state index in [1.807, 2.05) is 25.7 Å². The van der Waals surface area contributed by atoms with Gasteiger partial charge in [-0.15, -0.1) is 12.4 Å². The fourth-order valence-corrected chi connectivity index (χ4v) is 6.04. The minimum Gasteiger partial charge on any atom is -0.340 e. The number of hydrogen-bond donors (Lipinski definition) is 0. The molecule has 4 rings (SSSR count). The highest BCUT2D eigenvalue weighted by atomic mass is 35.5. The van der Waals surface area contributed by atoms with Gasteiger partial charge in [-0.2, -0.15) is 5.10 Å². The van der Waals surface area contributed by atoms with Crippen LogP contribution >= 0.6 is 12.4 Å². The lowest BCUT2D eigenvalue weighted by molar-refractivity contribution is -0.132. The van der Waals surface area contributed by atoms with Crippen molar-refractivity contribution in [1.29, 1.82) is 0 Å². The lowest BCUT2D eigenvalue weighted by atomic mass is 10.1. The molecule has 0 radical (unpaired) electrons. The van der Waals surface area contributed by atoms with Crippen LogP contribution < -0.4 is 0 Å². The predicted molar refractivity (Wildman–Crippen MR) is 133 cm³/mol. The molecule has 0 atom stereocenters. The summed E-state index contributed by atoms with van der Waals surface area (Å²) in [7, 11) is -1.70. The maximum Gasteiger partial charge on any atom is 0.222 e. The summed E-state index contributed by atoms with van der Waals surface area (Å²) < 4.78 is 28.6. The number of hydrogen-bond acceptors (Lipinski definition) is 6. The summed E-state index contributed by atoms with van der Waals surface area (Å²) in [6, 6.07) is 8.40. The highest BCUT2D eigenvalue weighted by Crippen LogP contribution is 2.30. The molecular formula is C24H32ClN5O3S. The number of carbonyl (C=O) groups excluding carboxylic acids is 1. The summed E-state index contributed by atoms with van der Waals surface area (Å²) >= 11 is 0. The van der Waals surface area contributed by atoms with E-state index in [4.69, 9.17) is 0 Å². The van der Waals surface area contributed by atoms with Gasteiger partial charge in [0.2, 0.25) is 15.7 Å². The molecule has 3 heterocycles. The lowest BCUT2D eigenvalue weighted by Crippen LogP contribution is -2.47. The van der Waals surface area contributed by atoms with E-state index in [0.29, 0.717) is 30.6 Å². The summed E-state index contributed by atoms with van der Waals surface area (Å²) in [6.07, 6.45) is 1.42. The number of likely N-dealkylation sites (N-methyl/N-ethyl adjacent to an activating group) is 1. The Hall–Kier alpha value is -2.49. The van der Waals surface area contributed by atoms with Crippen molar-refractivity contribution in [3.05, 3.63) is 53.0 Å². The average Bonchev–Trinajstić information content (AvgIpc) is 3.19. The number of rotatable bonds is 6. The highest BCUT2D eigenvalue weighted by molar-refractivity contribution is 7.91. The summed E-state index contributed by atoms with van der Waals surface area (Å²) in [5, 5.41) is 4.62. The van der Waals surface area contributed by atoms with Crippen LogP contribution in [0.15, 0.2) is 40.1 Å². The smallest absolute Gasteiger partial charge is 0.222 e. The zero-order chi connectivity index (χ0) is 23.8. The molecule has 1 aromatic carbocycles. The van der Waals surface area contributed by atoms with Crippen molar-refractivity contribution in [3.8, 4) is 0 Å². The van der Waals surface area contributed by atoms with E-state index in [0.717, 1.165) is 43.1 Å². The van der Waals surface area contributed by atoms with Gasteiger partial charge < -0.3 is 9.80 Å². The number of aromatic nitrogens is 3. The van der Waals surface area contributed by atoms with E-state index < -0.39 is 9.84 Å². The van der Waals surface area contributed by atoms with Crippen LogP contribution in [0, 0.1) is 13.8 Å². The highest BCUT2D eigenvalue weighted by Gasteiger charge is 2.29. The topological polar surface area (TPSA) is 87.9 Å². The third-order valence-electron chi connectivity index (χ3n) is 6.45. The van der Waals surface area contributed by atoms with E-state index in [1.165, 1.54) is 0 Å². The second kappa shape index (κ2) is 10.4. The quantitative estimate of drug-likeness (QED) is 0.512. The normalized spacial score (nSPS) is 14.9. The summed E-state index contributed by atoms with van der Waals surface area (Å²) in [5.41, 5.74) is 3.35. The molecule has 34 heavy (non-hydrogen) atoms. The van der Waals surface area contributed by atoms with Gasteiger partial charge in [0.1, 0.15) is 4.90 Å². The Morgan fingerprint density at radius 3 is 2.32 bits per heavy atom. The molecule has 1 saturated heterocycles. The minimum absolute atomic E-state index is 0. The van der Waals surface area contributed by atoms with Crippen molar-refractivity contribution in [1.82, 2.24) is 24.4 Å². The van der Waals surface area contributed by atoms with Gasteiger partial charge in [0.15, 0.2) is 5.65 Å². The van der Waals surface area contributed by atoms with Gasteiger partial charge in [-0.05, 0) is 51.4 Å². The maximum absolute atomic E-state index is 13.5. The molecule has 8 nitrogen and oxygen atoms in total. The van der Waals surface area contributed by atoms with Crippen LogP contribution in [-0.2, 0) is 27.5 Å². The summed E-state index contributed by atoms with van der Waals surface area (Å²) in [6.45, 7) is 8.98. The number of fused-ring (bicyclic) bond motifs is 1. The number of nitrogens with zero attached hydrogens (tertiary/aromatic N) is 5. The molecule has 2 aromatic heterocycles. The second-order valence-electron chi connectivity index (χ2n) is 8.63. The van der Waals surface area contributed by atoms with E-state index in [1.54, 1.807) is 34.8 Å². The van der Waals surface area contributed by atoms with Crippen LogP contribution in [0.1, 0.15) is 36.0 Å².